The molecule has 0 saturated heterocycles. The molecule has 0 radical (unpaired) electrons. The molecular weight excluding hydrogens is 236 g/mol. The molecule has 0 bridgehead atoms. The van der Waals surface area contributed by atoms with Crippen LogP contribution in [0.1, 0.15) is 17.5 Å². The molecule has 1 atom stereocenters. The Labute approximate surface area is 113 Å². The average Bonchev–Trinajstić information content (AvgIpc) is 2.46. The quantitative estimate of drug-likeness (QED) is 0.543. The Balaban J connectivity index is 1.92. The summed E-state index contributed by atoms with van der Waals surface area (Å²) in [6, 6.07) is 14.5. The van der Waals surface area contributed by atoms with Crippen LogP contribution in [0.5, 0.6) is 0 Å². The molecule has 0 aliphatic heterocycles. The van der Waals surface area contributed by atoms with Crippen LogP contribution < -0.4 is 17.0 Å². The normalized spacial score (nSPS) is 12.3. The summed E-state index contributed by atoms with van der Waals surface area (Å²) in [4.78, 5) is 4.09. The van der Waals surface area contributed by atoms with E-state index in [9.17, 15) is 0 Å². The summed E-state index contributed by atoms with van der Waals surface area (Å²) in [6.07, 6.45) is 4.46. The van der Waals surface area contributed by atoms with Crippen molar-refractivity contribution in [2.75, 3.05) is 5.73 Å². The molecule has 4 nitrogen and oxygen atoms in total. The molecule has 2 aromatic rings. The van der Waals surface area contributed by atoms with E-state index in [1.165, 1.54) is 5.56 Å². The van der Waals surface area contributed by atoms with E-state index in [0.29, 0.717) is 5.82 Å². The van der Waals surface area contributed by atoms with E-state index in [1.807, 2.05) is 18.2 Å². The van der Waals surface area contributed by atoms with E-state index in [0.717, 1.165) is 24.8 Å². The second-order valence-electron chi connectivity index (χ2n) is 4.64. The van der Waals surface area contributed by atoms with Gasteiger partial charge in [0, 0.05) is 12.2 Å². The summed E-state index contributed by atoms with van der Waals surface area (Å²) in [5, 5.41) is 0. The number of hydrogen-bond donors (Lipinski definition) is 3. The van der Waals surface area contributed by atoms with Gasteiger partial charge >= 0.3 is 0 Å². The number of nitrogens with one attached hydrogen (secondary N) is 1. The lowest BCUT2D eigenvalue weighted by Gasteiger charge is -2.16. The highest BCUT2D eigenvalue weighted by Gasteiger charge is 2.10. The molecule has 0 saturated carbocycles. The highest BCUT2D eigenvalue weighted by atomic mass is 15.2. The fourth-order valence-corrected chi connectivity index (χ4v) is 2.12. The predicted molar refractivity (Wildman–Crippen MR) is 78.2 cm³/mol. The summed E-state index contributed by atoms with van der Waals surface area (Å²) < 4.78 is 0. The lowest BCUT2D eigenvalue weighted by Crippen LogP contribution is -2.37. The average molecular weight is 256 g/mol. The largest absolute Gasteiger partial charge is 0.383 e. The summed E-state index contributed by atoms with van der Waals surface area (Å²) in [7, 11) is 0. The van der Waals surface area contributed by atoms with Crippen molar-refractivity contribution in [1.29, 1.82) is 0 Å². The van der Waals surface area contributed by atoms with Crippen LogP contribution in [0.3, 0.4) is 0 Å². The first-order valence-electron chi connectivity index (χ1n) is 6.49. The van der Waals surface area contributed by atoms with Crippen LogP contribution in [0.15, 0.2) is 48.7 Å². The number of nitrogen functional groups attached to an aromatic ring is 1. The molecule has 2 rings (SSSR count). The lowest BCUT2D eigenvalue weighted by atomic mass is 10.00. The van der Waals surface area contributed by atoms with Crippen LogP contribution in [-0.4, -0.2) is 11.0 Å². The van der Waals surface area contributed by atoms with E-state index < -0.39 is 0 Å². The molecule has 1 unspecified atom stereocenters. The summed E-state index contributed by atoms with van der Waals surface area (Å²) in [5.74, 6) is 6.21. The van der Waals surface area contributed by atoms with Crippen LogP contribution in [0, 0.1) is 0 Å². The van der Waals surface area contributed by atoms with Gasteiger partial charge in [-0.3, -0.25) is 11.3 Å². The second-order valence-corrected chi connectivity index (χ2v) is 4.64. The van der Waals surface area contributed by atoms with Gasteiger partial charge < -0.3 is 5.73 Å². The van der Waals surface area contributed by atoms with E-state index in [2.05, 4.69) is 34.7 Å². The Morgan fingerprint density at radius 3 is 2.58 bits per heavy atom. The van der Waals surface area contributed by atoms with Crippen LogP contribution in [0.25, 0.3) is 0 Å². The van der Waals surface area contributed by atoms with Crippen molar-refractivity contribution in [2.45, 2.75) is 25.3 Å². The van der Waals surface area contributed by atoms with Crippen molar-refractivity contribution in [3.63, 3.8) is 0 Å². The van der Waals surface area contributed by atoms with E-state index in [-0.39, 0.29) is 6.04 Å². The smallest absolute Gasteiger partial charge is 0.126 e. The first kappa shape index (κ1) is 13.5. The molecule has 0 spiro atoms. The van der Waals surface area contributed by atoms with Gasteiger partial charge in [-0.2, -0.15) is 0 Å². The molecule has 100 valence electrons. The molecule has 0 aliphatic rings. The van der Waals surface area contributed by atoms with Crippen LogP contribution in [0.2, 0.25) is 0 Å². The number of pyridine rings is 1. The van der Waals surface area contributed by atoms with Gasteiger partial charge in [-0.25, -0.2) is 4.98 Å². The van der Waals surface area contributed by atoms with Gasteiger partial charge in [0.15, 0.2) is 0 Å². The second kappa shape index (κ2) is 6.87. The number of hydrogen-bond acceptors (Lipinski definition) is 4. The van der Waals surface area contributed by atoms with Gasteiger partial charge in [-0.1, -0.05) is 36.4 Å². The third kappa shape index (κ3) is 4.05. The van der Waals surface area contributed by atoms with Gasteiger partial charge in [0.05, 0.1) is 0 Å². The Morgan fingerprint density at radius 2 is 1.89 bits per heavy atom. The molecule has 19 heavy (non-hydrogen) atoms. The highest BCUT2D eigenvalue weighted by Crippen LogP contribution is 2.13. The Morgan fingerprint density at radius 1 is 1.11 bits per heavy atom. The number of rotatable bonds is 6. The van der Waals surface area contributed by atoms with E-state index in [4.69, 9.17) is 11.6 Å². The summed E-state index contributed by atoms with van der Waals surface area (Å²) in [5.41, 5.74) is 11.1. The molecule has 5 N–H and O–H groups in total. The standard InChI is InChI=1S/C15H20N4/c16-15-13(7-4-10-18-15)11-14(19-17)9-8-12-5-2-1-3-6-12/h1-7,10,14,19H,8-9,11,17H2,(H2,16,18). The molecule has 1 aromatic carbocycles. The minimum atomic E-state index is 0.201. The Bertz CT molecular complexity index is 499. The maximum Gasteiger partial charge on any atom is 0.126 e. The molecule has 1 heterocycles. The van der Waals surface area contributed by atoms with Gasteiger partial charge in [0.2, 0.25) is 0 Å². The van der Waals surface area contributed by atoms with Gasteiger partial charge in [0.1, 0.15) is 5.82 Å². The SMILES string of the molecule is NNC(CCc1ccccc1)Cc1cccnc1N. The number of aromatic nitrogens is 1. The zero-order valence-electron chi connectivity index (χ0n) is 10.9. The van der Waals surface area contributed by atoms with Crippen molar-refractivity contribution in [2.24, 2.45) is 5.84 Å². The van der Waals surface area contributed by atoms with Crippen molar-refractivity contribution in [1.82, 2.24) is 10.4 Å². The van der Waals surface area contributed by atoms with Gasteiger partial charge in [-0.05, 0) is 36.5 Å². The molecule has 1 aromatic heterocycles. The first-order chi connectivity index (χ1) is 9.29. The fraction of sp³-hybridized carbons (Fsp3) is 0.267. The summed E-state index contributed by atoms with van der Waals surface area (Å²) in [6.45, 7) is 0. The van der Waals surface area contributed by atoms with Crippen molar-refractivity contribution >= 4 is 5.82 Å². The number of nitrogens with two attached hydrogens (primary N) is 2. The van der Waals surface area contributed by atoms with E-state index >= 15 is 0 Å². The van der Waals surface area contributed by atoms with Crippen molar-refractivity contribution < 1.29 is 0 Å². The topological polar surface area (TPSA) is 77.0 Å². The van der Waals surface area contributed by atoms with Crippen LogP contribution in [-0.2, 0) is 12.8 Å². The van der Waals surface area contributed by atoms with Crippen molar-refractivity contribution in [3.8, 4) is 0 Å². The molecule has 0 amide bonds. The third-order valence-electron chi connectivity index (χ3n) is 3.25. The first-order valence-corrected chi connectivity index (χ1v) is 6.49. The molecule has 4 heteroatoms. The molecule has 0 aliphatic carbocycles. The molecular formula is C15H20N4. The van der Waals surface area contributed by atoms with Crippen LogP contribution >= 0.6 is 0 Å². The number of anilines is 1. The Hall–Kier alpha value is -1.91. The lowest BCUT2D eigenvalue weighted by molar-refractivity contribution is 0.491. The number of nitrogens with zero attached hydrogens (tertiary/aromatic N) is 1. The minimum absolute atomic E-state index is 0.201. The van der Waals surface area contributed by atoms with E-state index in [1.54, 1.807) is 6.20 Å². The van der Waals surface area contributed by atoms with Gasteiger partial charge in [0.25, 0.3) is 0 Å². The highest BCUT2D eigenvalue weighted by molar-refractivity contribution is 5.38. The number of hydrazine groups is 1. The summed E-state index contributed by atoms with van der Waals surface area (Å²) >= 11 is 0. The monoisotopic (exact) mass is 256 g/mol. The third-order valence-corrected chi connectivity index (χ3v) is 3.25. The maximum atomic E-state index is 5.85. The van der Waals surface area contributed by atoms with Gasteiger partial charge in [-0.15, -0.1) is 0 Å². The molecule has 0 fully saturated rings. The zero-order valence-corrected chi connectivity index (χ0v) is 10.9. The van der Waals surface area contributed by atoms with Crippen molar-refractivity contribution in [3.05, 3.63) is 59.8 Å². The van der Waals surface area contributed by atoms with Crippen LogP contribution in [0.4, 0.5) is 5.82 Å². The fourth-order valence-electron chi connectivity index (χ4n) is 2.12. The maximum absolute atomic E-state index is 5.85. The Kier molecular flexibility index (Phi) is 4.89. The predicted octanol–water partition coefficient (Wildman–Crippen LogP) is 1.67. The number of benzene rings is 1. The number of aryl methyl sites for hydroxylation is 1. The zero-order chi connectivity index (χ0) is 13.5. The minimum Gasteiger partial charge on any atom is -0.383 e.